The number of thiophene rings is 1. The summed E-state index contributed by atoms with van der Waals surface area (Å²) in [5, 5.41) is 16.9. The van der Waals surface area contributed by atoms with Crippen molar-refractivity contribution >= 4 is 40.9 Å². The van der Waals surface area contributed by atoms with Crippen molar-refractivity contribution < 1.29 is 19.5 Å². The van der Waals surface area contributed by atoms with E-state index < -0.39 is 23.3 Å². The molecule has 0 aromatic carbocycles. The highest BCUT2D eigenvalue weighted by Crippen LogP contribution is 2.40. The minimum atomic E-state index is -1.25. The van der Waals surface area contributed by atoms with Gasteiger partial charge in [0.25, 0.3) is 5.91 Å². The number of nitrogens with one attached hydrogen (secondary N) is 1. The van der Waals surface area contributed by atoms with E-state index in [1.165, 1.54) is 23.1 Å². The largest absolute Gasteiger partial charge is 0.477 e. The van der Waals surface area contributed by atoms with Gasteiger partial charge in [-0.1, -0.05) is 11.2 Å². The molecule has 2 aliphatic heterocycles. The fraction of sp³-hybridized carbons (Fsp3) is 0.357. The molecule has 3 rings (SSSR count). The first-order valence-electron chi connectivity index (χ1n) is 7.25. The van der Waals surface area contributed by atoms with Crippen LogP contribution in [0.1, 0.15) is 4.88 Å². The molecule has 0 radical (unpaired) electrons. The molecule has 0 bridgehead atoms. The van der Waals surface area contributed by atoms with Crippen LogP contribution in [0.15, 0.2) is 33.9 Å². The number of aliphatic carboxylic acids is 1. The number of fused-ring (bicyclic) bond motifs is 1. The minimum absolute atomic E-state index is 0.100. The lowest BCUT2D eigenvalue weighted by Gasteiger charge is -2.49. The van der Waals surface area contributed by atoms with Gasteiger partial charge in [0, 0.05) is 15.5 Å². The second kappa shape index (κ2) is 7.18. The Morgan fingerprint density at radius 2 is 2.32 bits per heavy atom. The van der Waals surface area contributed by atoms with Crippen LogP contribution in [0, 0.1) is 0 Å². The minimum Gasteiger partial charge on any atom is -0.477 e. The molecule has 0 unspecified atom stereocenters. The molecule has 0 aliphatic carbocycles. The second-order valence-corrected chi connectivity index (χ2v) is 7.49. The topological polar surface area (TPSA) is 135 Å². The van der Waals surface area contributed by atoms with Gasteiger partial charge in [0.1, 0.15) is 17.1 Å². The molecule has 3 heterocycles. The van der Waals surface area contributed by atoms with Crippen molar-refractivity contribution in [1.29, 1.82) is 0 Å². The molecule has 2 atom stereocenters. The summed E-state index contributed by atoms with van der Waals surface area (Å²) in [5.74, 6) is -1.66. The number of rotatable bonds is 6. The highest BCUT2D eigenvalue weighted by atomic mass is 32.2. The van der Waals surface area contributed by atoms with Gasteiger partial charge < -0.3 is 10.4 Å². The van der Waals surface area contributed by atoms with Crippen molar-refractivity contribution in [3.8, 4) is 0 Å². The lowest BCUT2D eigenvalue weighted by molar-refractivity contribution is -0.150. The highest BCUT2D eigenvalue weighted by molar-refractivity contribution is 8.00. The smallest absolute Gasteiger partial charge is 0.352 e. The Kier molecular flexibility index (Phi) is 4.98. The van der Waals surface area contributed by atoms with Gasteiger partial charge >= 0.3 is 5.97 Å². The molecule has 1 aromatic heterocycles. The molecular weight excluding hydrogens is 366 g/mol. The van der Waals surface area contributed by atoms with Crippen molar-refractivity contribution in [3.63, 3.8) is 0 Å². The van der Waals surface area contributed by atoms with Crippen LogP contribution in [-0.2, 0) is 20.8 Å². The van der Waals surface area contributed by atoms with E-state index in [0.717, 1.165) is 9.78 Å². The van der Waals surface area contributed by atoms with Crippen molar-refractivity contribution in [2.75, 3.05) is 12.3 Å². The monoisotopic (exact) mass is 379 g/mol. The fourth-order valence-corrected chi connectivity index (χ4v) is 4.76. The van der Waals surface area contributed by atoms with Gasteiger partial charge in [-0.25, -0.2) is 4.79 Å². The number of carbonyl (C=O) groups is 3. The number of amides is 2. The second-order valence-electron chi connectivity index (χ2n) is 5.36. The summed E-state index contributed by atoms with van der Waals surface area (Å²) < 4.78 is 0. The molecule has 11 heteroatoms. The van der Waals surface area contributed by atoms with E-state index in [2.05, 4.69) is 15.3 Å². The summed E-state index contributed by atoms with van der Waals surface area (Å²) in [6, 6.07) is 2.94. The molecule has 1 aromatic rings. The van der Waals surface area contributed by atoms with Gasteiger partial charge in [-0.3, -0.25) is 14.5 Å². The number of β-lactam (4-membered cyclic amide) rings is 1. The van der Waals surface area contributed by atoms with E-state index in [1.807, 2.05) is 17.5 Å². The molecular formula is C14H13N5O4S2. The first-order chi connectivity index (χ1) is 12.0. The summed E-state index contributed by atoms with van der Waals surface area (Å²) in [6.45, 7) is -0.100. The molecule has 25 heavy (non-hydrogen) atoms. The van der Waals surface area contributed by atoms with Crippen molar-refractivity contribution in [2.45, 2.75) is 17.8 Å². The Hall–Kier alpha value is -2.49. The Morgan fingerprint density at radius 3 is 2.96 bits per heavy atom. The Morgan fingerprint density at radius 1 is 1.52 bits per heavy atom. The van der Waals surface area contributed by atoms with Crippen LogP contribution in [0.2, 0.25) is 0 Å². The van der Waals surface area contributed by atoms with E-state index in [9.17, 15) is 19.5 Å². The van der Waals surface area contributed by atoms with E-state index >= 15 is 0 Å². The first-order valence-corrected chi connectivity index (χ1v) is 9.18. The maximum Gasteiger partial charge on any atom is 0.352 e. The van der Waals surface area contributed by atoms with E-state index in [4.69, 9.17) is 5.53 Å². The van der Waals surface area contributed by atoms with Crippen LogP contribution in [0.25, 0.3) is 10.4 Å². The van der Waals surface area contributed by atoms with E-state index in [1.54, 1.807) is 0 Å². The van der Waals surface area contributed by atoms with Crippen LogP contribution >= 0.6 is 23.1 Å². The number of nitrogens with zero attached hydrogens (tertiary/aromatic N) is 4. The third kappa shape index (κ3) is 3.34. The van der Waals surface area contributed by atoms with Crippen molar-refractivity contribution in [1.82, 2.24) is 10.2 Å². The number of thioether (sulfide) groups is 1. The molecule has 9 nitrogen and oxygen atoms in total. The lowest BCUT2D eigenvalue weighted by atomic mass is 10.0. The van der Waals surface area contributed by atoms with Crippen LogP contribution in [0.3, 0.4) is 0 Å². The standard InChI is InChI=1S/C14H13N5O4S2/c15-18-16-5-7-6-25-13-10(12(21)19(13)11(7)14(22)23)17-9(20)4-8-2-1-3-24-8/h1-3,10,13H,4-6H2,(H,17,20)(H,22,23)/t10-,13+/m1/s1. The third-order valence-corrected chi connectivity index (χ3v) is 6.02. The Balaban J connectivity index is 1.71. The van der Waals surface area contributed by atoms with Crippen LogP contribution in [0.5, 0.6) is 0 Å². The average molecular weight is 379 g/mol. The number of hydrogen-bond donors (Lipinski definition) is 2. The molecule has 1 saturated heterocycles. The SMILES string of the molecule is [N-]=[N+]=NCC1=C(C(=O)O)N2C(=O)[C@@H](NC(=O)Cc3cccs3)[C@@H]2SC1. The maximum absolute atomic E-state index is 12.4. The summed E-state index contributed by atoms with van der Waals surface area (Å²) in [5.41, 5.74) is 8.65. The molecule has 0 saturated carbocycles. The zero-order chi connectivity index (χ0) is 18.0. The zero-order valence-electron chi connectivity index (χ0n) is 12.8. The number of carbonyl (C=O) groups excluding carboxylic acids is 2. The highest BCUT2D eigenvalue weighted by Gasteiger charge is 2.53. The molecule has 1 fully saturated rings. The van der Waals surface area contributed by atoms with E-state index in [-0.39, 0.29) is 24.6 Å². The summed E-state index contributed by atoms with van der Waals surface area (Å²) in [4.78, 5) is 40.7. The van der Waals surface area contributed by atoms with Crippen molar-refractivity contribution in [2.24, 2.45) is 5.11 Å². The molecule has 0 spiro atoms. The van der Waals surface area contributed by atoms with Gasteiger partial charge in [-0.05, 0) is 22.6 Å². The maximum atomic E-state index is 12.4. The predicted octanol–water partition coefficient (Wildman–Crippen LogP) is 1.34. The fourth-order valence-electron chi connectivity index (χ4n) is 2.72. The number of carboxylic acids is 1. The van der Waals surface area contributed by atoms with Crippen molar-refractivity contribution in [3.05, 3.63) is 44.1 Å². The normalized spacial score (nSPS) is 21.9. The van der Waals surface area contributed by atoms with Gasteiger partial charge in [-0.15, -0.1) is 23.1 Å². The Bertz CT molecular complexity index is 800. The van der Waals surface area contributed by atoms with Gasteiger partial charge in [0.05, 0.1) is 13.0 Å². The van der Waals surface area contributed by atoms with Crippen LogP contribution in [-0.4, -0.2) is 51.5 Å². The lowest BCUT2D eigenvalue weighted by Crippen LogP contribution is -2.70. The summed E-state index contributed by atoms with van der Waals surface area (Å²) in [6.07, 6.45) is 0.183. The molecule has 2 aliphatic rings. The quantitative estimate of drug-likeness (QED) is 0.333. The third-order valence-electron chi connectivity index (χ3n) is 3.81. The summed E-state index contributed by atoms with van der Waals surface area (Å²) >= 11 is 2.80. The molecule has 130 valence electrons. The first kappa shape index (κ1) is 17.3. The van der Waals surface area contributed by atoms with Gasteiger partial charge in [0.15, 0.2) is 0 Å². The van der Waals surface area contributed by atoms with E-state index in [0.29, 0.717) is 11.3 Å². The predicted molar refractivity (Wildman–Crippen MR) is 91.7 cm³/mol. The molecule has 2 N–H and O–H groups in total. The number of azide groups is 1. The number of hydrogen-bond acceptors (Lipinski definition) is 6. The average Bonchev–Trinajstić information content (AvgIpc) is 3.09. The zero-order valence-corrected chi connectivity index (χ0v) is 14.4. The van der Waals surface area contributed by atoms with Gasteiger partial charge in [0.2, 0.25) is 5.91 Å². The van der Waals surface area contributed by atoms with Crippen LogP contribution in [0.4, 0.5) is 0 Å². The summed E-state index contributed by atoms with van der Waals surface area (Å²) in [7, 11) is 0. The van der Waals surface area contributed by atoms with Crippen LogP contribution < -0.4 is 5.32 Å². The number of carboxylic acid groups (broad SMARTS) is 1. The molecule has 2 amide bonds. The van der Waals surface area contributed by atoms with Gasteiger partial charge in [-0.2, -0.15) is 0 Å². The Labute approximate surface area is 150 Å².